The van der Waals surface area contributed by atoms with Crippen LogP contribution in [0.4, 0.5) is 114 Å². The zero-order chi connectivity index (χ0) is 53.3. The minimum atomic E-state index is -8.41. The first-order valence-electron chi connectivity index (χ1n) is 17.9. The molecule has 0 radical (unpaired) electrons. The lowest BCUT2D eigenvalue weighted by Gasteiger charge is -2.39. The number of halogens is 26. The van der Waals surface area contributed by atoms with E-state index in [1.807, 2.05) is 0 Å². The summed E-state index contributed by atoms with van der Waals surface area (Å²) in [5, 5.41) is 0. The first kappa shape index (κ1) is 54.7. The largest absolute Gasteiger partial charge is 0.460 e. The van der Waals surface area contributed by atoms with E-state index in [1.165, 1.54) is 6.07 Å². The summed E-state index contributed by atoms with van der Waals surface area (Å²) in [6, 6.07) is 13.3. The van der Waals surface area contributed by atoms with Crippen molar-refractivity contribution in [2.45, 2.75) is 71.6 Å². The zero-order valence-corrected chi connectivity index (χ0v) is 32.8. The van der Waals surface area contributed by atoms with Crippen LogP contribution in [0.3, 0.4) is 0 Å². The lowest BCUT2D eigenvalue weighted by molar-refractivity contribution is -0.440. The molecular formula is C37H17F26N5O2. The van der Waals surface area contributed by atoms with Crippen molar-refractivity contribution in [2.24, 2.45) is 0 Å². The Balaban J connectivity index is 1.58. The van der Waals surface area contributed by atoms with Gasteiger partial charge in [0.15, 0.2) is 19.0 Å². The van der Waals surface area contributed by atoms with Crippen LogP contribution in [0.1, 0.15) is 0 Å². The highest BCUT2D eigenvalue weighted by Crippen LogP contribution is 2.62. The number of hydrogen-bond acceptors (Lipinski definition) is 7. The molecule has 7 nitrogen and oxygen atoms in total. The van der Waals surface area contributed by atoms with Crippen LogP contribution in [0.5, 0.6) is 12.0 Å². The molecular weight excluding hydrogens is 1040 g/mol. The quantitative estimate of drug-likeness (QED) is 0.0858. The molecule has 0 saturated carbocycles. The molecule has 0 fully saturated rings. The van der Waals surface area contributed by atoms with Gasteiger partial charge in [-0.3, -0.25) is 0 Å². The van der Waals surface area contributed by atoms with Crippen LogP contribution in [-0.4, -0.2) is 110 Å². The second-order valence-electron chi connectivity index (χ2n) is 14.2. The van der Waals surface area contributed by atoms with Gasteiger partial charge in [-0.1, -0.05) is 66.7 Å². The normalized spacial score (nSPS) is 14.5. The highest BCUT2D eigenvalue weighted by Gasteiger charge is 2.92. The van der Waals surface area contributed by atoms with Gasteiger partial charge in [0.1, 0.15) is 0 Å². The molecule has 0 N–H and O–H groups in total. The molecule has 0 unspecified atom stereocenters. The van der Waals surface area contributed by atoms with Crippen molar-refractivity contribution in [3.8, 4) is 45.9 Å². The Kier molecular flexibility index (Phi) is 13.5. The standard InChI is InChI=1S/C37H17F26N5O2/c38-26(39,28(42,43)30(46,47)32(50,51)34(54,55)36(58,59)60)14-69-24-66-23(67-25(68-24)70-15-27(40,41)29(44,45)31(48,49)33(52,53)35(56,57)37(61,62)63)18-12-10-17(11-13-18)22-21(16-6-2-1-3-7-16)64-19-8-4-5-9-20(19)65-22/h1-13H,14-15H2. The summed E-state index contributed by atoms with van der Waals surface area (Å²) in [6.45, 7) is -7.28. The van der Waals surface area contributed by atoms with Crippen LogP contribution < -0.4 is 9.47 Å². The van der Waals surface area contributed by atoms with Crippen molar-refractivity contribution >= 4 is 11.0 Å². The minimum Gasteiger partial charge on any atom is -0.457 e. The Hall–Kier alpha value is -6.21. The highest BCUT2D eigenvalue weighted by atomic mass is 19.4. The van der Waals surface area contributed by atoms with Crippen LogP contribution in [0.15, 0.2) is 78.9 Å². The maximum atomic E-state index is 14.6. The molecule has 0 amide bonds. The number of hydrogen-bond donors (Lipinski definition) is 0. The van der Waals surface area contributed by atoms with Gasteiger partial charge < -0.3 is 9.47 Å². The second kappa shape index (κ2) is 17.3. The molecule has 33 heteroatoms. The molecule has 70 heavy (non-hydrogen) atoms. The molecule has 0 aliphatic carbocycles. The average molecular weight is 1060 g/mol. The molecule has 3 aromatic carbocycles. The smallest absolute Gasteiger partial charge is 0.457 e. The van der Waals surface area contributed by atoms with Gasteiger partial charge in [-0.2, -0.15) is 124 Å². The summed E-state index contributed by atoms with van der Waals surface area (Å²) in [5.41, 5.74) is 0.643. The van der Waals surface area contributed by atoms with E-state index in [-0.39, 0.29) is 22.5 Å². The molecule has 0 aliphatic rings. The van der Waals surface area contributed by atoms with Crippen molar-refractivity contribution in [2.75, 3.05) is 13.2 Å². The van der Waals surface area contributed by atoms with E-state index in [1.54, 1.807) is 48.5 Å². The third-order valence-electron chi connectivity index (χ3n) is 9.39. The molecule has 0 saturated heterocycles. The van der Waals surface area contributed by atoms with E-state index in [0.717, 1.165) is 24.3 Å². The maximum Gasteiger partial charge on any atom is 0.460 e. The number of alkyl halides is 26. The van der Waals surface area contributed by atoms with Crippen LogP contribution in [-0.2, 0) is 0 Å². The Morgan fingerprint density at radius 3 is 0.943 bits per heavy atom. The van der Waals surface area contributed by atoms with Crippen molar-refractivity contribution in [3.63, 3.8) is 0 Å². The summed E-state index contributed by atoms with van der Waals surface area (Å²) in [5.74, 6) is -81.5. The Morgan fingerprint density at radius 2 is 0.600 bits per heavy atom. The van der Waals surface area contributed by atoms with E-state index >= 15 is 0 Å². The fourth-order valence-corrected chi connectivity index (χ4v) is 5.47. The van der Waals surface area contributed by atoms with Crippen LogP contribution in [0, 0.1) is 0 Å². The molecule has 0 aliphatic heterocycles. The van der Waals surface area contributed by atoms with E-state index in [4.69, 9.17) is 0 Å². The van der Waals surface area contributed by atoms with Gasteiger partial charge in [0.2, 0.25) is 0 Å². The van der Waals surface area contributed by atoms with E-state index in [9.17, 15) is 114 Å². The van der Waals surface area contributed by atoms with Crippen LogP contribution >= 0.6 is 0 Å². The van der Waals surface area contributed by atoms with Crippen molar-refractivity contribution in [1.29, 1.82) is 0 Å². The predicted molar refractivity (Wildman–Crippen MR) is 182 cm³/mol. The fourth-order valence-electron chi connectivity index (χ4n) is 5.47. The number of aromatic nitrogens is 5. The number of benzene rings is 3. The number of para-hydroxylation sites is 2. The Labute approximate surface area is 369 Å². The molecule has 0 bridgehead atoms. The van der Waals surface area contributed by atoms with Gasteiger partial charge in [-0.25, -0.2) is 9.97 Å². The summed E-state index contributed by atoms with van der Waals surface area (Å²) >= 11 is 0. The van der Waals surface area contributed by atoms with Crippen molar-refractivity contribution in [1.82, 2.24) is 24.9 Å². The summed E-state index contributed by atoms with van der Waals surface area (Å²) < 4.78 is 363. The van der Waals surface area contributed by atoms with Gasteiger partial charge in [0.05, 0.1) is 22.4 Å². The maximum absolute atomic E-state index is 14.6. The minimum absolute atomic E-state index is 0.0530. The van der Waals surface area contributed by atoms with Gasteiger partial charge >= 0.3 is 83.6 Å². The molecule has 2 aromatic heterocycles. The Bertz CT molecular complexity index is 2580. The Morgan fingerprint density at radius 1 is 0.300 bits per heavy atom. The van der Waals surface area contributed by atoms with Crippen LogP contribution in [0.25, 0.3) is 44.9 Å². The number of rotatable bonds is 17. The van der Waals surface area contributed by atoms with E-state index in [2.05, 4.69) is 34.4 Å². The lowest BCUT2D eigenvalue weighted by Crippen LogP contribution is -2.70. The summed E-state index contributed by atoms with van der Waals surface area (Å²) in [4.78, 5) is 17.8. The first-order chi connectivity index (χ1) is 31.5. The van der Waals surface area contributed by atoms with Gasteiger partial charge in [0, 0.05) is 16.7 Å². The van der Waals surface area contributed by atoms with Crippen molar-refractivity contribution in [3.05, 3.63) is 78.9 Å². The van der Waals surface area contributed by atoms with Crippen LogP contribution in [0.2, 0.25) is 0 Å². The highest BCUT2D eigenvalue weighted by molar-refractivity contribution is 5.86. The van der Waals surface area contributed by atoms with E-state index in [0.29, 0.717) is 11.1 Å². The van der Waals surface area contributed by atoms with Gasteiger partial charge in [-0.15, -0.1) is 4.98 Å². The van der Waals surface area contributed by atoms with E-state index < -0.39 is 108 Å². The summed E-state index contributed by atoms with van der Waals surface area (Å²) in [7, 11) is 0. The number of ether oxygens (including phenoxy) is 2. The lowest BCUT2D eigenvalue weighted by atomic mass is 9.94. The van der Waals surface area contributed by atoms with Crippen molar-refractivity contribution < 1.29 is 124 Å². The predicted octanol–water partition coefficient (Wildman–Crippen LogP) is 13.1. The first-order valence-corrected chi connectivity index (χ1v) is 17.9. The molecule has 2 heterocycles. The summed E-state index contributed by atoms with van der Waals surface area (Å²) in [6.07, 6.45) is -15.6. The number of fused-ring (bicyclic) bond motifs is 1. The molecule has 0 atom stereocenters. The molecule has 384 valence electrons. The molecule has 0 spiro atoms. The third-order valence-corrected chi connectivity index (χ3v) is 9.39. The van der Waals surface area contributed by atoms with Gasteiger partial charge in [0.25, 0.3) is 0 Å². The fraction of sp³-hybridized carbons (Fsp3) is 0.378. The van der Waals surface area contributed by atoms with Gasteiger partial charge in [-0.05, 0) is 12.1 Å². The molecule has 5 rings (SSSR count). The topological polar surface area (TPSA) is 82.9 Å². The zero-order valence-electron chi connectivity index (χ0n) is 32.8. The monoisotopic (exact) mass is 1060 g/mol. The average Bonchev–Trinajstić information content (AvgIpc) is 3.26. The third kappa shape index (κ3) is 8.83. The second-order valence-corrected chi connectivity index (χ2v) is 14.2. The SMILES string of the molecule is FC(F)(F)C(F)(F)C(F)(F)C(F)(F)C(F)(F)C(F)(F)COc1nc(OCC(F)(F)C(F)(F)C(F)(F)C(F)(F)C(F)(F)C(F)(F)F)nc(-c2ccc(-c3nc4ccccc4nc3-c3ccccc3)cc2)n1. The molecule has 5 aromatic rings. The number of nitrogens with zero attached hydrogens (tertiary/aromatic N) is 5.